The lowest BCUT2D eigenvalue weighted by atomic mass is 10.3. The summed E-state index contributed by atoms with van der Waals surface area (Å²) in [5.41, 5.74) is 5.14. The van der Waals surface area contributed by atoms with Crippen molar-refractivity contribution in [3.8, 4) is 0 Å². The minimum absolute atomic E-state index is 0.0738. The third-order valence-electron chi connectivity index (χ3n) is 2.37. The highest BCUT2D eigenvalue weighted by Crippen LogP contribution is 2.23. The summed E-state index contributed by atoms with van der Waals surface area (Å²) in [6.07, 6.45) is 0. The molecule has 0 radical (unpaired) electrons. The van der Waals surface area contributed by atoms with Crippen LogP contribution in [0.2, 0.25) is 4.34 Å². The van der Waals surface area contributed by atoms with Gasteiger partial charge in [-0.2, -0.15) is 0 Å². The van der Waals surface area contributed by atoms with Crippen molar-refractivity contribution < 1.29 is 17.2 Å². The van der Waals surface area contributed by atoms with Crippen LogP contribution in [0.15, 0.2) is 29.2 Å². The number of halogens is 3. The number of anilines is 1. The molecule has 0 unspecified atom stereocenters. The van der Waals surface area contributed by atoms with Crippen LogP contribution in [0.1, 0.15) is 4.88 Å². The Kier molecular flexibility index (Phi) is 4.28. The second kappa shape index (κ2) is 5.65. The van der Waals surface area contributed by atoms with E-state index < -0.39 is 26.6 Å². The van der Waals surface area contributed by atoms with Gasteiger partial charge in [-0.15, -0.1) is 11.3 Å². The second-order valence-corrected chi connectivity index (χ2v) is 7.38. The molecule has 2 aromatic rings. The van der Waals surface area contributed by atoms with E-state index in [2.05, 4.69) is 4.72 Å². The first kappa shape index (κ1) is 15.2. The number of hydrogen-bond acceptors (Lipinski definition) is 4. The molecule has 3 N–H and O–H groups in total. The average molecular weight is 339 g/mol. The van der Waals surface area contributed by atoms with Crippen molar-refractivity contribution in [1.29, 1.82) is 0 Å². The third kappa shape index (κ3) is 3.26. The molecule has 1 aromatic carbocycles. The Labute approximate surface area is 123 Å². The van der Waals surface area contributed by atoms with Crippen molar-refractivity contribution >= 4 is 38.6 Å². The van der Waals surface area contributed by atoms with E-state index in [0.717, 1.165) is 6.07 Å². The van der Waals surface area contributed by atoms with Crippen LogP contribution in [0.3, 0.4) is 0 Å². The number of nitrogens with two attached hydrogens (primary N) is 1. The fourth-order valence-electron chi connectivity index (χ4n) is 1.47. The molecule has 1 aromatic heterocycles. The number of benzene rings is 1. The summed E-state index contributed by atoms with van der Waals surface area (Å²) in [7, 11) is -4.21. The van der Waals surface area contributed by atoms with Crippen LogP contribution in [0.25, 0.3) is 0 Å². The maximum absolute atomic E-state index is 13.5. The molecule has 0 aliphatic carbocycles. The van der Waals surface area contributed by atoms with E-state index in [4.69, 9.17) is 17.3 Å². The molecular formula is C11H9ClF2N2O2S2. The van der Waals surface area contributed by atoms with E-state index in [1.807, 2.05) is 0 Å². The maximum atomic E-state index is 13.5. The van der Waals surface area contributed by atoms with Gasteiger partial charge < -0.3 is 5.73 Å². The normalized spacial score (nSPS) is 11.8. The molecule has 2 rings (SSSR count). The van der Waals surface area contributed by atoms with E-state index in [0.29, 0.717) is 15.3 Å². The van der Waals surface area contributed by atoms with Crippen LogP contribution in [0.5, 0.6) is 0 Å². The molecule has 9 heteroatoms. The molecule has 0 atom stereocenters. The topological polar surface area (TPSA) is 72.2 Å². The van der Waals surface area contributed by atoms with E-state index in [1.165, 1.54) is 11.3 Å². The summed E-state index contributed by atoms with van der Waals surface area (Å²) < 4.78 is 53.2. The molecule has 0 aliphatic heterocycles. The summed E-state index contributed by atoms with van der Waals surface area (Å²) in [5.74, 6) is -2.78. The molecule has 0 saturated heterocycles. The lowest BCUT2D eigenvalue weighted by molar-refractivity contribution is 0.484. The minimum Gasteiger partial charge on any atom is -0.399 e. The highest BCUT2D eigenvalue weighted by atomic mass is 35.5. The standard InChI is InChI=1S/C11H9ClF2N2O2S2/c12-10-2-1-7(19-10)5-16-20(17,18)9-4-6(15)3-8(13)11(9)14/h1-4,16H,5,15H2. The predicted molar refractivity (Wildman–Crippen MR) is 74.1 cm³/mol. The Morgan fingerprint density at radius 2 is 2.00 bits per heavy atom. The molecule has 4 nitrogen and oxygen atoms in total. The molecule has 0 saturated carbocycles. The number of hydrogen-bond donors (Lipinski definition) is 2. The van der Waals surface area contributed by atoms with Gasteiger partial charge in [0.05, 0.1) is 4.34 Å². The van der Waals surface area contributed by atoms with E-state index in [9.17, 15) is 17.2 Å². The quantitative estimate of drug-likeness (QED) is 0.842. The van der Waals surface area contributed by atoms with Crippen molar-refractivity contribution in [2.24, 2.45) is 0 Å². The van der Waals surface area contributed by atoms with Gasteiger partial charge >= 0.3 is 0 Å². The predicted octanol–water partition coefficient (Wildman–Crippen LogP) is 2.74. The monoisotopic (exact) mass is 338 g/mol. The third-order valence-corrected chi connectivity index (χ3v) is 5.00. The first-order valence-electron chi connectivity index (χ1n) is 5.28. The number of nitrogens with one attached hydrogen (secondary N) is 1. The first-order chi connectivity index (χ1) is 9.29. The summed E-state index contributed by atoms with van der Waals surface area (Å²) >= 11 is 6.89. The van der Waals surface area contributed by atoms with Gasteiger partial charge in [-0.25, -0.2) is 21.9 Å². The van der Waals surface area contributed by atoms with Crippen LogP contribution in [-0.4, -0.2) is 8.42 Å². The summed E-state index contributed by atoms with van der Waals surface area (Å²) in [6, 6.07) is 4.82. The second-order valence-electron chi connectivity index (χ2n) is 3.85. The van der Waals surface area contributed by atoms with Crippen molar-refractivity contribution in [1.82, 2.24) is 4.72 Å². The first-order valence-corrected chi connectivity index (χ1v) is 7.96. The van der Waals surface area contributed by atoms with Crippen LogP contribution in [-0.2, 0) is 16.6 Å². The minimum atomic E-state index is -4.21. The highest BCUT2D eigenvalue weighted by Gasteiger charge is 2.22. The Morgan fingerprint density at radius 3 is 2.60 bits per heavy atom. The van der Waals surface area contributed by atoms with Crippen molar-refractivity contribution in [3.63, 3.8) is 0 Å². The fourth-order valence-corrected chi connectivity index (χ4v) is 3.71. The maximum Gasteiger partial charge on any atom is 0.244 e. The summed E-state index contributed by atoms with van der Waals surface area (Å²) in [4.78, 5) is -0.180. The summed E-state index contributed by atoms with van der Waals surface area (Å²) in [5, 5.41) is 0. The lowest BCUT2D eigenvalue weighted by Crippen LogP contribution is -2.24. The smallest absolute Gasteiger partial charge is 0.244 e. The summed E-state index contributed by atoms with van der Waals surface area (Å²) in [6.45, 7) is -0.0738. The van der Waals surface area contributed by atoms with Gasteiger partial charge in [-0.3, -0.25) is 0 Å². The van der Waals surface area contributed by atoms with Crippen molar-refractivity contribution in [2.75, 3.05) is 5.73 Å². The average Bonchev–Trinajstić information content (AvgIpc) is 2.77. The zero-order valence-electron chi connectivity index (χ0n) is 9.86. The SMILES string of the molecule is Nc1cc(F)c(F)c(S(=O)(=O)NCc2ccc(Cl)s2)c1. The van der Waals surface area contributed by atoms with Crippen LogP contribution < -0.4 is 10.5 Å². The van der Waals surface area contributed by atoms with E-state index in [1.54, 1.807) is 12.1 Å². The number of thiophene rings is 1. The highest BCUT2D eigenvalue weighted by molar-refractivity contribution is 7.89. The number of sulfonamides is 1. The van der Waals surface area contributed by atoms with Crippen LogP contribution >= 0.6 is 22.9 Å². The van der Waals surface area contributed by atoms with Gasteiger partial charge in [-0.05, 0) is 24.3 Å². The largest absolute Gasteiger partial charge is 0.399 e. The van der Waals surface area contributed by atoms with Crippen LogP contribution in [0, 0.1) is 11.6 Å². The lowest BCUT2D eigenvalue weighted by Gasteiger charge is -2.08. The molecular weight excluding hydrogens is 330 g/mol. The molecule has 20 heavy (non-hydrogen) atoms. The number of nitrogen functional groups attached to an aromatic ring is 1. The Bertz CT molecular complexity index is 747. The van der Waals surface area contributed by atoms with Gasteiger partial charge in [0.15, 0.2) is 11.6 Å². The van der Waals surface area contributed by atoms with E-state index in [-0.39, 0.29) is 12.2 Å². The van der Waals surface area contributed by atoms with Gasteiger partial charge in [0.1, 0.15) is 4.90 Å². The van der Waals surface area contributed by atoms with E-state index >= 15 is 0 Å². The molecule has 0 aliphatic rings. The molecule has 0 fully saturated rings. The Balaban J connectivity index is 2.27. The molecule has 0 bridgehead atoms. The zero-order chi connectivity index (χ0) is 14.9. The van der Waals surface area contributed by atoms with Crippen molar-refractivity contribution in [3.05, 3.63) is 45.1 Å². The number of rotatable bonds is 4. The molecule has 108 valence electrons. The van der Waals surface area contributed by atoms with Gasteiger partial charge in [0.25, 0.3) is 0 Å². The van der Waals surface area contributed by atoms with Crippen LogP contribution in [0.4, 0.5) is 14.5 Å². The zero-order valence-corrected chi connectivity index (χ0v) is 12.2. The van der Waals surface area contributed by atoms with Gasteiger partial charge in [-0.1, -0.05) is 11.6 Å². The molecule has 0 amide bonds. The van der Waals surface area contributed by atoms with Gasteiger partial charge in [0.2, 0.25) is 10.0 Å². The Hall–Kier alpha value is -1.22. The molecule has 1 heterocycles. The van der Waals surface area contributed by atoms with Crippen molar-refractivity contribution in [2.45, 2.75) is 11.4 Å². The fraction of sp³-hybridized carbons (Fsp3) is 0.0909. The molecule has 0 spiro atoms. The van der Waals surface area contributed by atoms with Gasteiger partial charge in [0, 0.05) is 17.1 Å². The Morgan fingerprint density at radius 1 is 1.30 bits per heavy atom.